The quantitative estimate of drug-likeness (QED) is 0.782. The fraction of sp³-hybridized carbons (Fsp3) is 0.526. The largest absolute Gasteiger partial charge is 0.303 e. The highest BCUT2D eigenvalue weighted by Gasteiger charge is 2.47. The minimum atomic E-state index is -3.13. The van der Waals surface area contributed by atoms with Crippen LogP contribution in [-0.4, -0.2) is 42.4 Å². The van der Waals surface area contributed by atoms with Crippen LogP contribution in [-0.2, 0) is 24.3 Å². The molecule has 1 aromatic carbocycles. The summed E-state index contributed by atoms with van der Waals surface area (Å²) >= 11 is 1.27. The van der Waals surface area contributed by atoms with Gasteiger partial charge in [-0.2, -0.15) is 0 Å². The molecule has 1 N–H and O–H groups in total. The second-order valence-electron chi connectivity index (χ2n) is 7.93. The van der Waals surface area contributed by atoms with Crippen LogP contribution < -0.4 is 5.32 Å². The lowest BCUT2D eigenvalue weighted by Gasteiger charge is -2.35. The van der Waals surface area contributed by atoms with E-state index in [1.165, 1.54) is 30.0 Å². The van der Waals surface area contributed by atoms with Gasteiger partial charge in [0.15, 0.2) is 5.17 Å². The lowest BCUT2D eigenvalue weighted by molar-refractivity contribution is -0.132. The van der Waals surface area contributed by atoms with E-state index in [0.29, 0.717) is 18.0 Å². The van der Waals surface area contributed by atoms with Gasteiger partial charge in [-0.3, -0.25) is 9.59 Å². The lowest BCUT2D eigenvalue weighted by atomic mass is 9.96. The Kier molecular flexibility index (Phi) is 6.60. The fourth-order valence-corrected chi connectivity index (χ4v) is 4.82. The van der Waals surface area contributed by atoms with Crippen LogP contribution in [0, 0.1) is 5.41 Å². The molecule has 0 aliphatic carbocycles. The summed E-state index contributed by atoms with van der Waals surface area (Å²) in [5, 5.41) is 8.85. The summed E-state index contributed by atoms with van der Waals surface area (Å²) in [4.78, 5) is 23.9. The van der Waals surface area contributed by atoms with Gasteiger partial charge in [-0.15, -0.1) is 5.10 Å². The van der Waals surface area contributed by atoms with Crippen molar-refractivity contribution < 1.29 is 18.0 Å². The van der Waals surface area contributed by atoms with Gasteiger partial charge in [-0.05, 0) is 18.4 Å². The lowest BCUT2D eigenvalue weighted by Crippen LogP contribution is -2.41. The first-order chi connectivity index (χ1) is 12.8. The van der Waals surface area contributed by atoms with E-state index in [2.05, 4.69) is 10.4 Å². The molecule has 154 valence electrons. The van der Waals surface area contributed by atoms with Crippen LogP contribution in [0.4, 0.5) is 0 Å². The molecule has 28 heavy (non-hydrogen) atoms. The van der Waals surface area contributed by atoms with Crippen LogP contribution in [0.25, 0.3) is 0 Å². The molecule has 1 aliphatic rings. The maximum Gasteiger partial charge on any atom is 0.241 e. The van der Waals surface area contributed by atoms with Gasteiger partial charge >= 0.3 is 0 Å². The van der Waals surface area contributed by atoms with E-state index in [4.69, 9.17) is 0 Å². The summed E-state index contributed by atoms with van der Waals surface area (Å²) in [7, 11) is -3.13. The second kappa shape index (κ2) is 8.24. The van der Waals surface area contributed by atoms with Gasteiger partial charge in [0.1, 0.15) is 14.7 Å². The fourth-order valence-electron chi connectivity index (χ4n) is 2.81. The normalized spacial score (nSPS) is 20.0. The van der Waals surface area contributed by atoms with Gasteiger partial charge in [-0.1, -0.05) is 62.9 Å². The number of carbonyl (C=O) groups is 2. The smallest absolute Gasteiger partial charge is 0.241 e. The number of carbonyl (C=O) groups excluding carboxylic acids is 2. The zero-order chi connectivity index (χ0) is 21.2. The van der Waals surface area contributed by atoms with Crippen molar-refractivity contribution >= 4 is 38.6 Å². The molecule has 2 amide bonds. The molecule has 0 bridgehead atoms. The predicted molar refractivity (Wildman–Crippen MR) is 112 cm³/mol. The zero-order valence-electron chi connectivity index (χ0n) is 16.9. The Morgan fingerprint density at radius 3 is 2.32 bits per heavy atom. The maximum atomic E-state index is 12.4. The Balaban J connectivity index is 2.39. The van der Waals surface area contributed by atoms with Gasteiger partial charge in [0.25, 0.3) is 0 Å². The van der Waals surface area contributed by atoms with Crippen LogP contribution in [0.5, 0.6) is 0 Å². The molecule has 1 aliphatic heterocycles. The van der Waals surface area contributed by atoms with Crippen LogP contribution >= 0.6 is 11.8 Å². The standard InChI is InChI=1S/C19H27N3O4S2/c1-14(23)22-19(12-9-13-28(5,25)26,15-10-7-6-8-11-15)27-17(21-22)20-16(24)18(2,3)4/h6-8,10-11H,9,12-13H2,1-5H3,(H,20,21,24). The first kappa shape index (κ1) is 22.4. The molecule has 9 heteroatoms. The average molecular weight is 426 g/mol. The number of hydrazone groups is 1. The summed E-state index contributed by atoms with van der Waals surface area (Å²) in [6.07, 6.45) is 1.94. The molecule has 1 heterocycles. The van der Waals surface area contributed by atoms with Crippen molar-refractivity contribution in [1.82, 2.24) is 10.3 Å². The summed E-state index contributed by atoms with van der Waals surface area (Å²) in [5.41, 5.74) is 0.214. The topological polar surface area (TPSA) is 95.9 Å². The number of amides is 2. The first-order valence-electron chi connectivity index (χ1n) is 8.98. The number of hydrogen-bond acceptors (Lipinski definition) is 6. The van der Waals surface area contributed by atoms with Gasteiger partial charge in [0.05, 0.1) is 5.75 Å². The highest BCUT2D eigenvalue weighted by atomic mass is 32.2. The number of nitrogens with zero attached hydrogens (tertiary/aromatic N) is 2. The monoisotopic (exact) mass is 425 g/mol. The van der Waals surface area contributed by atoms with E-state index in [-0.39, 0.29) is 17.6 Å². The van der Waals surface area contributed by atoms with Crippen molar-refractivity contribution in [2.24, 2.45) is 10.5 Å². The minimum Gasteiger partial charge on any atom is -0.303 e. The van der Waals surface area contributed by atoms with Crippen molar-refractivity contribution in [1.29, 1.82) is 0 Å². The zero-order valence-corrected chi connectivity index (χ0v) is 18.5. The first-order valence-corrected chi connectivity index (χ1v) is 11.9. The van der Waals surface area contributed by atoms with Crippen LogP contribution in [0.15, 0.2) is 35.4 Å². The third-order valence-electron chi connectivity index (χ3n) is 4.25. The van der Waals surface area contributed by atoms with E-state index in [9.17, 15) is 18.0 Å². The van der Waals surface area contributed by atoms with E-state index in [0.717, 1.165) is 5.56 Å². The molecule has 1 atom stereocenters. The highest BCUT2D eigenvalue weighted by molar-refractivity contribution is 8.14. The molecular weight excluding hydrogens is 398 g/mol. The van der Waals surface area contributed by atoms with Crippen molar-refractivity contribution in [3.05, 3.63) is 35.9 Å². The number of sulfone groups is 1. The summed E-state index contributed by atoms with van der Waals surface area (Å²) < 4.78 is 23.2. The Hall–Kier alpha value is -1.87. The van der Waals surface area contributed by atoms with Crippen molar-refractivity contribution in [2.45, 2.75) is 45.4 Å². The van der Waals surface area contributed by atoms with E-state index in [1.54, 1.807) is 20.8 Å². The van der Waals surface area contributed by atoms with Crippen LogP contribution in [0.2, 0.25) is 0 Å². The molecule has 0 spiro atoms. The Labute approximate surface area is 170 Å². The number of amidine groups is 1. The summed E-state index contributed by atoms with van der Waals surface area (Å²) in [5.74, 6) is -0.477. The Morgan fingerprint density at radius 1 is 1.21 bits per heavy atom. The number of hydrogen-bond donors (Lipinski definition) is 1. The average Bonchev–Trinajstić information content (AvgIpc) is 2.93. The highest BCUT2D eigenvalue weighted by Crippen LogP contribution is 2.48. The third kappa shape index (κ3) is 5.35. The van der Waals surface area contributed by atoms with Crippen LogP contribution in [0.1, 0.15) is 46.1 Å². The molecule has 2 rings (SSSR count). The number of thioether (sulfide) groups is 1. The molecule has 0 radical (unpaired) electrons. The molecule has 0 fully saturated rings. The van der Waals surface area contributed by atoms with Gasteiger partial charge in [-0.25, -0.2) is 13.4 Å². The molecule has 0 saturated heterocycles. The number of nitrogens with one attached hydrogen (secondary N) is 1. The minimum absolute atomic E-state index is 0.0115. The van der Waals surface area contributed by atoms with Crippen molar-refractivity contribution in [2.75, 3.05) is 12.0 Å². The SMILES string of the molecule is CC(=O)N1N=C(NC(=O)C(C)(C)C)SC1(CCCS(C)(=O)=O)c1ccccc1. The molecule has 0 aromatic heterocycles. The predicted octanol–water partition coefficient (Wildman–Crippen LogP) is 2.69. The maximum absolute atomic E-state index is 12.4. The molecule has 0 saturated carbocycles. The van der Waals surface area contributed by atoms with Crippen LogP contribution in [0.3, 0.4) is 0 Å². The summed E-state index contributed by atoms with van der Waals surface area (Å²) in [6, 6.07) is 9.35. The molecule has 1 unspecified atom stereocenters. The Bertz CT molecular complexity index is 876. The molecule has 7 nitrogen and oxygen atoms in total. The third-order valence-corrected chi connectivity index (χ3v) is 6.61. The van der Waals surface area contributed by atoms with Gasteiger partial charge < -0.3 is 5.32 Å². The van der Waals surface area contributed by atoms with E-state index in [1.807, 2.05) is 30.3 Å². The van der Waals surface area contributed by atoms with Gasteiger partial charge in [0, 0.05) is 18.6 Å². The second-order valence-corrected chi connectivity index (χ2v) is 11.5. The van der Waals surface area contributed by atoms with Crippen molar-refractivity contribution in [3.8, 4) is 0 Å². The number of rotatable bonds is 5. The Morgan fingerprint density at radius 2 is 1.82 bits per heavy atom. The van der Waals surface area contributed by atoms with E-state index >= 15 is 0 Å². The molecule has 1 aromatic rings. The van der Waals surface area contributed by atoms with Gasteiger partial charge in [0.2, 0.25) is 11.8 Å². The summed E-state index contributed by atoms with van der Waals surface area (Å²) in [6.45, 7) is 6.79. The van der Waals surface area contributed by atoms with Crippen molar-refractivity contribution in [3.63, 3.8) is 0 Å². The van der Waals surface area contributed by atoms with E-state index < -0.39 is 20.1 Å². The molecular formula is C19H27N3O4S2. The number of benzene rings is 1.